The summed E-state index contributed by atoms with van der Waals surface area (Å²) in [6, 6.07) is 11.3. The number of nitrogens with zero attached hydrogens (tertiary/aromatic N) is 1. The van der Waals surface area contributed by atoms with Crippen LogP contribution in [0.2, 0.25) is 0 Å². The van der Waals surface area contributed by atoms with E-state index in [0.29, 0.717) is 16.9 Å². The Labute approximate surface area is 127 Å². The summed E-state index contributed by atoms with van der Waals surface area (Å²) in [4.78, 5) is 15.8. The predicted molar refractivity (Wildman–Crippen MR) is 80.4 cm³/mol. The van der Waals surface area contributed by atoms with Crippen molar-refractivity contribution < 1.29 is 24.6 Å². The van der Waals surface area contributed by atoms with Gasteiger partial charge in [0.25, 0.3) is 0 Å². The van der Waals surface area contributed by atoms with Gasteiger partial charge in [-0.05, 0) is 18.2 Å². The molecule has 0 aromatic heterocycles. The molecular formula is C16H15NO5. The van der Waals surface area contributed by atoms with E-state index < -0.39 is 5.97 Å². The Balaban J connectivity index is 2.24. The van der Waals surface area contributed by atoms with Gasteiger partial charge < -0.3 is 19.8 Å². The van der Waals surface area contributed by atoms with Crippen molar-refractivity contribution >= 4 is 12.2 Å². The van der Waals surface area contributed by atoms with Crippen molar-refractivity contribution in [3.8, 4) is 11.5 Å². The highest BCUT2D eigenvalue weighted by Crippen LogP contribution is 2.26. The van der Waals surface area contributed by atoms with Crippen LogP contribution >= 0.6 is 0 Å². The Hall–Kier alpha value is -3.02. The molecule has 0 radical (unpaired) electrons. The Morgan fingerprint density at radius 3 is 2.73 bits per heavy atom. The molecule has 0 fully saturated rings. The Morgan fingerprint density at radius 2 is 2.00 bits per heavy atom. The molecule has 0 atom stereocenters. The maximum atomic E-state index is 11.2. The van der Waals surface area contributed by atoms with Gasteiger partial charge in [0.15, 0.2) is 0 Å². The van der Waals surface area contributed by atoms with Gasteiger partial charge in [-0.25, -0.2) is 4.79 Å². The zero-order valence-corrected chi connectivity index (χ0v) is 11.9. The highest BCUT2D eigenvalue weighted by Gasteiger charge is 2.11. The number of hydrogen-bond donors (Lipinski definition) is 2. The molecule has 6 nitrogen and oxygen atoms in total. The van der Waals surface area contributed by atoms with Gasteiger partial charge >= 0.3 is 5.97 Å². The molecule has 0 aliphatic rings. The monoisotopic (exact) mass is 301 g/mol. The third kappa shape index (κ3) is 3.54. The molecule has 0 amide bonds. The Bertz CT molecular complexity index is 697. The van der Waals surface area contributed by atoms with Crippen LogP contribution in [0, 0.1) is 0 Å². The fourth-order valence-corrected chi connectivity index (χ4v) is 1.90. The lowest BCUT2D eigenvalue weighted by atomic mass is 10.1. The van der Waals surface area contributed by atoms with E-state index >= 15 is 0 Å². The SMILES string of the molecule is CON=Cc1c(O)cccc1OCc1ccccc1C(=O)O. The molecule has 0 spiro atoms. The van der Waals surface area contributed by atoms with Crippen molar-refractivity contribution in [3.63, 3.8) is 0 Å². The molecule has 0 aliphatic carbocycles. The number of ether oxygens (including phenoxy) is 1. The summed E-state index contributed by atoms with van der Waals surface area (Å²) in [5.41, 5.74) is 1.07. The lowest BCUT2D eigenvalue weighted by Gasteiger charge is -2.11. The van der Waals surface area contributed by atoms with E-state index in [4.69, 9.17) is 9.84 Å². The van der Waals surface area contributed by atoms with Crippen LogP contribution in [-0.2, 0) is 11.4 Å². The molecule has 2 aromatic rings. The summed E-state index contributed by atoms with van der Waals surface area (Å²) >= 11 is 0. The molecule has 0 saturated heterocycles. The zero-order chi connectivity index (χ0) is 15.9. The summed E-state index contributed by atoms with van der Waals surface area (Å²) in [7, 11) is 1.39. The molecule has 0 saturated carbocycles. The molecule has 0 heterocycles. The van der Waals surface area contributed by atoms with E-state index in [2.05, 4.69) is 9.99 Å². The van der Waals surface area contributed by atoms with Gasteiger partial charge in [0.1, 0.15) is 25.2 Å². The third-order valence-corrected chi connectivity index (χ3v) is 2.96. The lowest BCUT2D eigenvalue weighted by Crippen LogP contribution is -2.06. The molecule has 2 N–H and O–H groups in total. The van der Waals surface area contributed by atoms with Crippen LogP contribution < -0.4 is 4.74 Å². The van der Waals surface area contributed by atoms with Gasteiger partial charge in [-0.1, -0.05) is 29.4 Å². The smallest absolute Gasteiger partial charge is 0.336 e. The van der Waals surface area contributed by atoms with Crippen LogP contribution in [0.1, 0.15) is 21.5 Å². The van der Waals surface area contributed by atoms with Gasteiger partial charge in [-0.15, -0.1) is 0 Å². The summed E-state index contributed by atoms with van der Waals surface area (Å²) in [5.74, 6) is -0.651. The van der Waals surface area contributed by atoms with Gasteiger partial charge in [0, 0.05) is 5.56 Å². The molecule has 0 aliphatic heterocycles. The molecule has 22 heavy (non-hydrogen) atoms. The van der Waals surface area contributed by atoms with Crippen LogP contribution in [0.25, 0.3) is 0 Å². The highest BCUT2D eigenvalue weighted by molar-refractivity contribution is 5.89. The first kappa shape index (κ1) is 15.4. The molecule has 6 heteroatoms. The van der Waals surface area contributed by atoms with Crippen molar-refractivity contribution in [2.75, 3.05) is 7.11 Å². The highest BCUT2D eigenvalue weighted by atomic mass is 16.6. The molecule has 114 valence electrons. The molecular weight excluding hydrogens is 286 g/mol. The number of aromatic carboxylic acids is 1. The number of phenolic OH excluding ortho intramolecular Hbond substituents is 1. The molecule has 2 aromatic carbocycles. The Kier molecular flexibility index (Phi) is 4.98. The van der Waals surface area contributed by atoms with Crippen molar-refractivity contribution in [1.82, 2.24) is 0 Å². The summed E-state index contributed by atoms with van der Waals surface area (Å²) < 4.78 is 5.62. The van der Waals surface area contributed by atoms with Crippen LogP contribution in [0.5, 0.6) is 11.5 Å². The number of phenols is 1. The van der Waals surface area contributed by atoms with Crippen LogP contribution in [0.4, 0.5) is 0 Å². The van der Waals surface area contributed by atoms with E-state index in [-0.39, 0.29) is 17.9 Å². The summed E-state index contributed by atoms with van der Waals surface area (Å²) in [6.07, 6.45) is 1.33. The van der Waals surface area contributed by atoms with E-state index in [1.165, 1.54) is 25.5 Å². The van der Waals surface area contributed by atoms with Gasteiger partial charge in [0.2, 0.25) is 0 Å². The van der Waals surface area contributed by atoms with E-state index in [1.54, 1.807) is 30.3 Å². The largest absolute Gasteiger partial charge is 0.507 e. The second-order valence-electron chi connectivity index (χ2n) is 4.36. The maximum Gasteiger partial charge on any atom is 0.336 e. The normalized spacial score (nSPS) is 10.6. The van der Waals surface area contributed by atoms with Crippen molar-refractivity contribution in [3.05, 3.63) is 59.2 Å². The fourth-order valence-electron chi connectivity index (χ4n) is 1.90. The number of carbonyl (C=O) groups is 1. The first-order chi connectivity index (χ1) is 10.6. The number of aromatic hydroxyl groups is 1. The van der Waals surface area contributed by atoms with Gasteiger partial charge in [-0.2, -0.15) is 0 Å². The number of hydrogen-bond acceptors (Lipinski definition) is 5. The minimum Gasteiger partial charge on any atom is -0.507 e. The van der Waals surface area contributed by atoms with E-state index in [0.717, 1.165) is 0 Å². The molecule has 0 bridgehead atoms. The zero-order valence-electron chi connectivity index (χ0n) is 11.9. The minimum atomic E-state index is -1.02. The Morgan fingerprint density at radius 1 is 1.23 bits per heavy atom. The minimum absolute atomic E-state index is 0.00943. The van der Waals surface area contributed by atoms with E-state index in [1.807, 2.05) is 0 Å². The van der Waals surface area contributed by atoms with Crippen molar-refractivity contribution in [2.24, 2.45) is 5.16 Å². The average molecular weight is 301 g/mol. The first-order valence-electron chi connectivity index (χ1n) is 6.46. The summed E-state index contributed by atoms with van der Waals surface area (Å²) in [6.45, 7) is 0.0553. The maximum absolute atomic E-state index is 11.2. The van der Waals surface area contributed by atoms with Crippen LogP contribution in [-0.4, -0.2) is 29.5 Å². The first-order valence-corrected chi connectivity index (χ1v) is 6.46. The van der Waals surface area contributed by atoms with E-state index in [9.17, 15) is 9.90 Å². The number of benzene rings is 2. The van der Waals surface area contributed by atoms with Crippen molar-refractivity contribution in [1.29, 1.82) is 0 Å². The second-order valence-corrected chi connectivity index (χ2v) is 4.36. The average Bonchev–Trinajstić information content (AvgIpc) is 2.52. The standard InChI is InChI=1S/C16H15NO5/c1-21-17-9-13-14(18)7-4-8-15(13)22-10-11-5-2-3-6-12(11)16(19)20/h2-9,18H,10H2,1H3,(H,19,20). The number of carboxylic acid groups (broad SMARTS) is 1. The second kappa shape index (κ2) is 7.12. The van der Waals surface area contributed by atoms with Gasteiger partial charge in [0.05, 0.1) is 17.3 Å². The van der Waals surface area contributed by atoms with Crippen LogP contribution in [0.15, 0.2) is 47.6 Å². The van der Waals surface area contributed by atoms with Crippen molar-refractivity contribution in [2.45, 2.75) is 6.61 Å². The predicted octanol–water partition coefficient (Wildman–Crippen LogP) is 2.65. The topological polar surface area (TPSA) is 88.4 Å². The summed E-state index contributed by atoms with van der Waals surface area (Å²) in [5, 5.41) is 22.6. The molecule has 0 unspecified atom stereocenters. The number of rotatable bonds is 6. The quantitative estimate of drug-likeness (QED) is 0.632. The lowest BCUT2D eigenvalue weighted by molar-refractivity contribution is 0.0694. The van der Waals surface area contributed by atoms with Gasteiger partial charge in [-0.3, -0.25) is 0 Å². The third-order valence-electron chi connectivity index (χ3n) is 2.96. The number of carboxylic acids is 1. The molecule has 2 rings (SSSR count). The fraction of sp³-hybridized carbons (Fsp3) is 0.125. The number of oxime groups is 1. The van der Waals surface area contributed by atoms with Crippen LogP contribution in [0.3, 0.4) is 0 Å².